The van der Waals surface area contributed by atoms with Crippen molar-refractivity contribution in [1.82, 2.24) is 0 Å². The van der Waals surface area contributed by atoms with Crippen LogP contribution < -0.4 is 0 Å². The Morgan fingerprint density at radius 2 is 1.04 bits per heavy atom. The predicted octanol–water partition coefficient (Wildman–Crippen LogP) is 9.54. The van der Waals surface area contributed by atoms with Crippen molar-refractivity contribution in [3.63, 3.8) is 0 Å². The summed E-state index contributed by atoms with van der Waals surface area (Å²) in [6, 6.07) is 0. The zero-order valence-corrected chi connectivity index (χ0v) is 34.2. The smallest absolute Gasteiger partial charge is 0.338 e. The number of ether oxygens (including phenoxy) is 6. The van der Waals surface area contributed by atoms with Crippen molar-refractivity contribution in [3.8, 4) is 0 Å². The third kappa shape index (κ3) is 6.24. The number of cyclic esters (lactones) is 1. The fourth-order valence-corrected chi connectivity index (χ4v) is 13.1. The molecule has 4 heterocycles. The van der Waals surface area contributed by atoms with E-state index in [-0.39, 0.29) is 51.4 Å². The minimum Gasteiger partial charge on any atom is -0.458 e. The summed E-state index contributed by atoms with van der Waals surface area (Å²) in [6.07, 6.45) is 16.4. The zero-order chi connectivity index (χ0) is 39.2. The van der Waals surface area contributed by atoms with Gasteiger partial charge in [-0.25, -0.2) is 14.4 Å². The Kier molecular flexibility index (Phi) is 9.37. The molecule has 9 nitrogen and oxygen atoms in total. The molecular weight excluding hydrogens is 684 g/mol. The SMILES string of the molecule is C=C1O[C@H](O/C=C2\C(=O)O[C@]3(C)CCC4C(C)(C)CCC[C@]4(C)[C@@H]23)C=C1C.CC1=C[C@H](O/C=C2\C(=O)O[C@]3(C)CCC4C(C)(C)CCC[C@]4(C)[C@@H]23)OC1=O. The highest BCUT2D eigenvalue weighted by atomic mass is 16.7. The molecule has 0 radical (unpaired) electrons. The van der Waals surface area contributed by atoms with Crippen molar-refractivity contribution >= 4 is 17.9 Å². The van der Waals surface area contributed by atoms with Crippen molar-refractivity contribution < 1.29 is 42.8 Å². The molecule has 4 aliphatic heterocycles. The lowest BCUT2D eigenvalue weighted by Crippen LogP contribution is -2.56. The molecule has 8 rings (SSSR count). The molecule has 0 amide bonds. The number of esters is 3. The molecular formula is C45H62O9. The molecule has 8 aliphatic rings. The van der Waals surface area contributed by atoms with E-state index in [1.54, 1.807) is 19.3 Å². The summed E-state index contributed by atoms with van der Waals surface area (Å²) in [5, 5.41) is 0. The van der Waals surface area contributed by atoms with E-state index < -0.39 is 23.8 Å². The van der Waals surface area contributed by atoms with Crippen molar-refractivity contribution in [2.75, 3.05) is 0 Å². The van der Waals surface area contributed by atoms with Crippen LogP contribution in [0.1, 0.15) is 133 Å². The fraction of sp³-hybridized carbons (Fsp3) is 0.711. The van der Waals surface area contributed by atoms with Crippen LogP contribution in [-0.4, -0.2) is 41.7 Å². The largest absolute Gasteiger partial charge is 0.458 e. The first kappa shape index (κ1) is 38.8. The molecule has 0 spiro atoms. The van der Waals surface area contributed by atoms with Crippen molar-refractivity contribution in [1.29, 1.82) is 0 Å². The average Bonchev–Trinajstić information content (AvgIpc) is 3.73. The molecule has 296 valence electrons. The summed E-state index contributed by atoms with van der Waals surface area (Å²) in [7, 11) is 0. The number of carbonyl (C=O) groups excluding carboxylic acids is 3. The molecule has 4 saturated carbocycles. The van der Waals surface area contributed by atoms with Crippen molar-refractivity contribution in [2.24, 2.45) is 45.3 Å². The molecule has 6 fully saturated rings. The van der Waals surface area contributed by atoms with Crippen molar-refractivity contribution in [2.45, 2.75) is 157 Å². The van der Waals surface area contributed by atoms with Crippen molar-refractivity contribution in [3.05, 3.63) is 59.3 Å². The van der Waals surface area contributed by atoms with Crippen LogP contribution in [-0.2, 0) is 42.8 Å². The molecule has 0 aromatic rings. The van der Waals surface area contributed by atoms with Gasteiger partial charge in [-0.3, -0.25) is 0 Å². The van der Waals surface area contributed by atoms with Crippen LogP contribution in [0.3, 0.4) is 0 Å². The van der Waals surface area contributed by atoms with Crippen LogP contribution in [0.15, 0.2) is 59.3 Å². The quantitative estimate of drug-likeness (QED) is 0.120. The van der Waals surface area contributed by atoms with Gasteiger partial charge in [0.15, 0.2) is 0 Å². The highest BCUT2D eigenvalue weighted by Crippen LogP contribution is 2.67. The topological polar surface area (TPSA) is 107 Å². The highest BCUT2D eigenvalue weighted by molar-refractivity contribution is 5.93. The third-order valence-corrected chi connectivity index (χ3v) is 15.4. The number of fused-ring (bicyclic) bond motifs is 6. The Labute approximate surface area is 321 Å². The van der Waals surface area contributed by atoms with E-state index in [2.05, 4.69) is 62.0 Å². The minimum absolute atomic E-state index is 0.00185. The van der Waals surface area contributed by atoms with Crippen LogP contribution >= 0.6 is 0 Å². The van der Waals surface area contributed by atoms with Gasteiger partial charge in [-0.05, 0) is 118 Å². The van der Waals surface area contributed by atoms with Crippen LogP contribution in [0, 0.1) is 45.3 Å². The fourth-order valence-electron chi connectivity index (χ4n) is 13.1. The Bertz CT molecular complexity index is 1620. The van der Waals surface area contributed by atoms with E-state index in [4.69, 9.17) is 28.4 Å². The van der Waals surface area contributed by atoms with Crippen LogP contribution in [0.25, 0.3) is 0 Å². The summed E-state index contributed by atoms with van der Waals surface area (Å²) >= 11 is 0. The number of hydrogen-bond acceptors (Lipinski definition) is 9. The maximum Gasteiger partial charge on any atom is 0.338 e. The molecule has 2 saturated heterocycles. The zero-order valence-electron chi connectivity index (χ0n) is 34.2. The first-order chi connectivity index (χ1) is 25.1. The lowest BCUT2D eigenvalue weighted by atomic mass is 9.45. The molecule has 9 heteroatoms. The lowest BCUT2D eigenvalue weighted by Gasteiger charge is -2.59. The van der Waals surface area contributed by atoms with Gasteiger partial charge >= 0.3 is 17.9 Å². The van der Waals surface area contributed by atoms with Gasteiger partial charge in [0.1, 0.15) is 17.0 Å². The third-order valence-electron chi connectivity index (χ3n) is 15.4. The normalized spacial score (nSPS) is 44.3. The van der Waals surface area contributed by atoms with E-state index in [9.17, 15) is 14.4 Å². The van der Waals surface area contributed by atoms with Gasteiger partial charge in [-0.2, -0.15) is 0 Å². The lowest BCUT2D eigenvalue weighted by molar-refractivity contribution is -0.165. The number of rotatable bonds is 4. The Balaban J connectivity index is 0.000000167. The van der Waals surface area contributed by atoms with Crippen LogP contribution in [0.2, 0.25) is 0 Å². The van der Waals surface area contributed by atoms with Gasteiger partial charge in [0.05, 0.1) is 23.7 Å². The van der Waals surface area contributed by atoms with E-state index in [0.717, 1.165) is 50.5 Å². The Morgan fingerprint density at radius 3 is 1.43 bits per heavy atom. The van der Waals surface area contributed by atoms with E-state index in [1.807, 2.05) is 13.0 Å². The molecule has 2 unspecified atom stereocenters. The molecule has 4 aliphatic carbocycles. The van der Waals surface area contributed by atoms with Crippen LogP contribution in [0.5, 0.6) is 0 Å². The second-order valence-corrected chi connectivity index (χ2v) is 19.9. The highest BCUT2D eigenvalue weighted by Gasteiger charge is 2.66. The standard InChI is InChI=1S/C23H32O4.C22H30O5/c1-14-12-18(26-15(14)2)25-13-16-19-22(5)10-7-9-21(3,4)17(22)8-11-23(19,6)27-20(16)24;1-13-11-16(26-18(13)23)25-12-14-17-21(4)9-6-8-20(2,3)15(21)7-10-22(17,5)27-19(14)24/h12-13,17-19H,2,7-11H2,1,3-6H3;11-12,15-17H,6-10H2,1-5H3/b16-13-;14-12-/t17?,18-,19+,22-,23+;15?,16-,17-,21+,22-/m01/s1. The minimum atomic E-state index is -0.764. The monoisotopic (exact) mass is 746 g/mol. The van der Waals surface area contributed by atoms with Gasteiger partial charge in [-0.1, -0.05) is 61.0 Å². The van der Waals surface area contributed by atoms with E-state index in [1.165, 1.54) is 25.5 Å². The van der Waals surface area contributed by atoms with Gasteiger partial charge in [-0.15, -0.1) is 0 Å². The number of carbonyl (C=O) groups is 3. The summed E-state index contributed by atoms with van der Waals surface area (Å²) < 4.78 is 34.1. The second kappa shape index (κ2) is 13.0. The maximum absolute atomic E-state index is 12.8. The molecule has 0 N–H and O–H groups in total. The van der Waals surface area contributed by atoms with E-state index in [0.29, 0.717) is 34.3 Å². The second-order valence-electron chi connectivity index (χ2n) is 19.9. The summed E-state index contributed by atoms with van der Waals surface area (Å²) in [5.74, 6) is 0.902. The first-order valence-corrected chi connectivity index (χ1v) is 20.3. The number of allylic oxidation sites excluding steroid dienone is 1. The maximum atomic E-state index is 12.8. The summed E-state index contributed by atoms with van der Waals surface area (Å²) in [4.78, 5) is 37.1. The van der Waals surface area contributed by atoms with Gasteiger partial charge in [0.2, 0.25) is 0 Å². The Morgan fingerprint density at radius 1 is 0.611 bits per heavy atom. The molecule has 0 bridgehead atoms. The average molecular weight is 747 g/mol. The van der Waals surface area contributed by atoms with Crippen LogP contribution in [0.4, 0.5) is 0 Å². The van der Waals surface area contributed by atoms with Gasteiger partial charge in [0, 0.05) is 29.6 Å². The summed E-state index contributed by atoms with van der Waals surface area (Å²) in [6.45, 7) is 25.9. The van der Waals surface area contributed by atoms with Gasteiger partial charge in [0.25, 0.3) is 12.6 Å². The first-order valence-electron chi connectivity index (χ1n) is 20.3. The molecule has 0 aromatic heterocycles. The van der Waals surface area contributed by atoms with E-state index >= 15 is 0 Å². The molecule has 10 atom stereocenters. The molecule has 54 heavy (non-hydrogen) atoms. The number of hydrogen-bond donors (Lipinski definition) is 0. The van der Waals surface area contributed by atoms with Gasteiger partial charge < -0.3 is 28.4 Å². The molecule has 0 aromatic carbocycles. The Hall–Kier alpha value is -3.49. The predicted molar refractivity (Wildman–Crippen MR) is 203 cm³/mol. The summed E-state index contributed by atoms with van der Waals surface area (Å²) in [5.41, 5.74) is 2.43.